The summed E-state index contributed by atoms with van der Waals surface area (Å²) in [5.74, 6) is -3.44. The second-order valence-electron chi connectivity index (χ2n) is 7.49. The van der Waals surface area contributed by atoms with E-state index in [4.69, 9.17) is 21.1 Å². The molecule has 0 radical (unpaired) electrons. The predicted molar refractivity (Wildman–Crippen MR) is 116 cm³/mol. The molecule has 0 amide bonds. The number of ether oxygens (including phenoxy) is 2. The van der Waals surface area contributed by atoms with Gasteiger partial charge in [-0.25, -0.2) is 8.78 Å². The molecule has 4 nitrogen and oxygen atoms in total. The van der Waals surface area contributed by atoms with Crippen LogP contribution in [0.2, 0.25) is 0 Å². The molecule has 0 fully saturated rings. The molecule has 0 unspecified atom stereocenters. The zero-order valence-electron chi connectivity index (χ0n) is 17.6. The summed E-state index contributed by atoms with van der Waals surface area (Å²) < 4.78 is 60.9. The predicted octanol–water partition coefficient (Wildman–Crippen LogP) is 5.63. The van der Waals surface area contributed by atoms with Crippen LogP contribution in [0.15, 0.2) is 70.3 Å². The van der Waals surface area contributed by atoms with E-state index in [0.717, 1.165) is 41.7 Å². The minimum absolute atomic E-state index is 0.124. The maximum absolute atomic E-state index is 13.0. The van der Waals surface area contributed by atoms with Crippen LogP contribution in [0.25, 0.3) is 0 Å². The zero-order valence-corrected chi connectivity index (χ0v) is 18.3. The van der Waals surface area contributed by atoms with E-state index >= 15 is 0 Å². The average molecular weight is 473 g/mol. The number of rotatable bonds is 10. The fraction of sp³-hybridized carbons (Fsp3) is 0.391. The first-order valence-corrected chi connectivity index (χ1v) is 10.6. The van der Waals surface area contributed by atoms with Crippen LogP contribution >= 0.6 is 11.6 Å². The number of hydrogen-bond acceptors (Lipinski definition) is 4. The first-order valence-electron chi connectivity index (χ1n) is 10.2. The fourth-order valence-corrected chi connectivity index (χ4v) is 3.60. The van der Waals surface area contributed by atoms with Gasteiger partial charge in [0.25, 0.3) is 0 Å². The molecule has 2 N–H and O–H groups in total. The zero-order chi connectivity index (χ0) is 23.1. The molecule has 3 rings (SSSR count). The van der Waals surface area contributed by atoms with Crippen molar-refractivity contribution in [2.45, 2.75) is 38.2 Å². The maximum atomic E-state index is 13.0. The van der Waals surface area contributed by atoms with Gasteiger partial charge in [-0.15, -0.1) is 0 Å². The van der Waals surface area contributed by atoms with Crippen molar-refractivity contribution in [3.05, 3.63) is 75.8 Å². The van der Waals surface area contributed by atoms with Crippen molar-refractivity contribution in [1.82, 2.24) is 10.6 Å². The quantitative estimate of drug-likeness (QED) is 0.342. The second-order valence-corrected chi connectivity index (χ2v) is 7.90. The Kier molecular flexibility index (Phi) is 8.26. The average Bonchev–Trinajstić information content (AvgIpc) is 2.91. The molecule has 1 heterocycles. The van der Waals surface area contributed by atoms with Crippen LogP contribution in [0, 0.1) is 0 Å². The Hall–Kier alpha value is -2.45. The largest absolute Gasteiger partial charge is 0.495 e. The van der Waals surface area contributed by atoms with Crippen molar-refractivity contribution in [3.8, 4) is 5.75 Å². The van der Waals surface area contributed by atoms with Crippen LogP contribution < -0.4 is 15.4 Å². The number of benzene rings is 1. The molecule has 1 aromatic rings. The van der Waals surface area contributed by atoms with Gasteiger partial charge in [0.05, 0.1) is 12.1 Å². The Balaban J connectivity index is 1.54. The molecule has 32 heavy (non-hydrogen) atoms. The summed E-state index contributed by atoms with van der Waals surface area (Å²) in [6, 6.07) is 6.46. The highest BCUT2D eigenvalue weighted by atomic mass is 35.5. The molecule has 0 aromatic heterocycles. The van der Waals surface area contributed by atoms with Gasteiger partial charge in [-0.2, -0.15) is 8.78 Å². The van der Waals surface area contributed by atoms with E-state index in [2.05, 4.69) is 10.6 Å². The van der Waals surface area contributed by atoms with Crippen LogP contribution in [0.1, 0.15) is 24.8 Å². The van der Waals surface area contributed by atoms with E-state index in [1.807, 2.05) is 18.4 Å². The summed E-state index contributed by atoms with van der Waals surface area (Å²) in [6.07, 6.45) is 4.52. The van der Waals surface area contributed by atoms with Gasteiger partial charge in [0.2, 0.25) is 0 Å². The molecule has 174 valence electrons. The van der Waals surface area contributed by atoms with Gasteiger partial charge in [0.1, 0.15) is 11.5 Å². The molecule has 1 aliphatic heterocycles. The van der Waals surface area contributed by atoms with Gasteiger partial charge < -0.3 is 20.1 Å². The summed E-state index contributed by atoms with van der Waals surface area (Å²) in [5, 5.41) is 7.16. The Morgan fingerprint density at radius 1 is 1.22 bits per heavy atom. The SMILES string of the molecule is COC1=C(Cl)C=C2CCC(=C1)C(CCNCc1cccc(OCC(F)(F)C(F)F)c1)=CN2. The summed E-state index contributed by atoms with van der Waals surface area (Å²) in [4.78, 5) is 0. The van der Waals surface area contributed by atoms with Crippen LogP contribution in [-0.4, -0.2) is 32.6 Å². The number of allylic oxidation sites excluding steroid dienone is 5. The van der Waals surface area contributed by atoms with Gasteiger partial charge in [0, 0.05) is 18.4 Å². The molecule has 1 aromatic carbocycles. The lowest BCUT2D eigenvalue weighted by Crippen LogP contribution is -2.33. The van der Waals surface area contributed by atoms with Gasteiger partial charge in [-0.1, -0.05) is 23.7 Å². The Morgan fingerprint density at radius 2 is 2.03 bits per heavy atom. The molecule has 0 saturated carbocycles. The summed E-state index contributed by atoms with van der Waals surface area (Å²) in [7, 11) is 1.59. The summed E-state index contributed by atoms with van der Waals surface area (Å²) in [5.41, 5.74) is 4.10. The molecular formula is C23H25ClF4N2O2. The molecule has 2 aliphatic rings. The minimum atomic E-state index is -4.18. The van der Waals surface area contributed by atoms with E-state index in [1.54, 1.807) is 25.3 Å². The summed E-state index contributed by atoms with van der Waals surface area (Å²) >= 11 is 6.31. The van der Waals surface area contributed by atoms with E-state index in [0.29, 0.717) is 23.9 Å². The monoisotopic (exact) mass is 472 g/mol. The van der Waals surface area contributed by atoms with Crippen molar-refractivity contribution in [2.75, 3.05) is 20.3 Å². The summed E-state index contributed by atoms with van der Waals surface area (Å²) in [6.45, 7) is -0.225. The van der Waals surface area contributed by atoms with Crippen molar-refractivity contribution in [2.24, 2.45) is 0 Å². The van der Waals surface area contributed by atoms with Gasteiger partial charge >= 0.3 is 12.3 Å². The van der Waals surface area contributed by atoms with Crippen LogP contribution in [-0.2, 0) is 11.3 Å². The van der Waals surface area contributed by atoms with Crippen molar-refractivity contribution < 1.29 is 27.0 Å². The van der Waals surface area contributed by atoms with Gasteiger partial charge in [-0.3, -0.25) is 0 Å². The highest BCUT2D eigenvalue weighted by Crippen LogP contribution is 2.30. The van der Waals surface area contributed by atoms with E-state index < -0.39 is 19.0 Å². The standard InChI is InChI=1S/C23H25ClF4N2O2/c1-31-21-10-16-5-6-18(11-20(21)24)30-13-17(16)7-8-29-12-15-3-2-4-19(9-15)32-14-23(27,28)22(25)26/h2-4,9-11,13,22,29-30H,5-8,12,14H2,1H3. The topological polar surface area (TPSA) is 42.5 Å². The van der Waals surface area contributed by atoms with E-state index in [-0.39, 0.29) is 5.75 Å². The highest BCUT2D eigenvalue weighted by molar-refractivity contribution is 6.31. The van der Waals surface area contributed by atoms with Gasteiger partial charge in [0.15, 0.2) is 6.61 Å². The third-order valence-electron chi connectivity index (χ3n) is 5.12. The van der Waals surface area contributed by atoms with Crippen molar-refractivity contribution >= 4 is 11.6 Å². The number of methoxy groups -OCH3 is 1. The first kappa shape index (κ1) is 24.2. The fourth-order valence-electron chi connectivity index (χ4n) is 3.34. The molecular weight excluding hydrogens is 448 g/mol. The number of halogens is 5. The molecule has 1 aliphatic carbocycles. The second kappa shape index (κ2) is 10.9. The minimum Gasteiger partial charge on any atom is -0.495 e. The maximum Gasteiger partial charge on any atom is 0.340 e. The molecule has 0 spiro atoms. The van der Waals surface area contributed by atoms with E-state index in [9.17, 15) is 17.6 Å². The third-order valence-corrected chi connectivity index (χ3v) is 5.41. The first-order chi connectivity index (χ1) is 15.3. The van der Waals surface area contributed by atoms with E-state index in [1.165, 1.54) is 6.07 Å². The van der Waals surface area contributed by atoms with Crippen LogP contribution in [0.5, 0.6) is 5.75 Å². The van der Waals surface area contributed by atoms with Crippen LogP contribution in [0.3, 0.4) is 0 Å². The smallest absolute Gasteiger partial charge is 0.340 e. The lowest BCUT2D eigenvalue weighted by atomic mass is 9.97. The lowest BCUT2D eigenvalue weighted by molar-refractivity contribution is -0.148. The molecule has 9 heteroatoms. The van der Waals surface area contributed by atoms with Crippen LogP contribution in [0.4, 0.5) is 17.6 Å². The number of hydrogen-bond donors (Lipinski definition) is 2. The number of alkyl halides is 4. The number of fused-ring (bicyclic) bond motifs is 3. The van der Waals surface area contributed by atoms with Gasteiger partial charge in [-0.05, 0) is 66.8 Å². The molecule has 2 bridgehead atoms. The molecule has 0 atom stereocenters. The van der Waals surface area contributed by atoms with Crippen molar-refractivity contribution in [1.29, 1.82) is 0 Å². The third kappa shape index (κ3) is 6.53. The molecule has 0 saturated heterocycles. The Labute approximate surface area is 189 Å². The Bertz CT molecular complexity index is 942. The lowest BCUT2D eigenvalue weighted by Gasteiger charge is -2.16. The number of nitrogens with one attached hydrogen (secondary N) is 2. The normalized spacial score (nSPS) is 16.5. The van der Waals surface area contributed by atoms with Crippen molar-refractivity contribution in [3.63, 3.8) is 0 Å². The Morgan fingerprint density at radius 3 is 2.78 bits per heavy atom. The highest BCUT2D eigenvalue weighted by Gasteiger charge is 2.41.